The number of benzene rings is 1. The summed E-state index contributed by atoms with van der Waals surface area (Å²) in [5.74, 6) is -0.516. The molecule has 1 aromatic rings. The van der Waals surface area contributed by atoms with Crippen molar-refractivity contribution in [3.05, 3.63) is 34.0 Å². The van der Waals surface area contributed by atoms with E-state index in [2.05, 4.69) is 10.0 Å². The van der Waals surface area contributed by atoms with Crippen LogP contribution in [0.4, 0.5) is 4.39 Å². The Labute approximate surface area is 108 Å². The third kappa shape index (κ3) is 2.61. The monoisotopic (exact) mass is 265 g/mol. The molecule has 0 aliphatic carbocycles. The molecule has 0 radical (unpaired) electrons. The molecule has 19 heavy (non-hydrogen) atoms. The molecule has 6 nitrogen and oxygen atoms in total. The fraction of sp³-hybridized carbons (Fsp3) is 0.417. The molecule has 2 rings (SSSR count). The van der Waals surface area contributed by atoms with Gasteiger partial charge in [-0.2, -0.15) is 0 Å². The largest absolute Gasteiger partial charge is 0.485 e. The van der Waals surface area contributed by atoms with E-state index in [0.29, 0.717) is 0 Å². The molecule has 0 saturated carbocycles. The van der Waals surface area contributed by atoms with E-state index in [1.165, 1.54) is 6.92 Å². The molecule has 0 spiro atoms. The van der Waals surface area contributed by atoms with Crippen LogP contribution in [0.5, 0.6) is 11.5 Å². The SMILES string of the molecule is CC(=O)c1cc(F)cc2c1OC(C)(CN=[N+]=[N-])CO2. The fourth-order valence-electron chi connectivity index (χ4n) is 1.81. The molecule has 100 valence electrons. The summed E-state index contributed by atoms with van der Waals surface area (Å²) < 4.78 is 24.5. The maximum atomic E-state index is 13.4. The second-order valence-corrected chi connectivity index (χ2v) is 4.57. The first-order chi connectivity index (χ1) is 8.95. The van der Waals surface area contributed by atoms with Gasteiger partial charge in [0.2, 0.25) is 0 Å². The molecular formula is C12H12FN3O3. The van der Waals surface area contributed by atoms with Crippen LogP contribution in [0.15, 0.2) is 17.2 Å². The molecule has 7 heteroatoms. The van der Waals surface area contributed by atoms with Crippen molar-refractivity contribution in [2.75, 3.05) is 13.2 Å². The first-order valence-corrected chi connectivity index (χ1v) is 5.62. The van der Waals surface area contributed by atoms with E-state index in [1.54, 1.807) is 6.92 Å². The zero-order valence-electron chi connectivity index (χ0n) is 10.5. The Morgan fingerprint density at radius 1 is 1.63 bits per heavy atom. The Morgan fingerprint density at radius 3 is 3.00 bits per heavy atom. The van der Waals surface area contributed by atoms with Crippen molar-refractivity contribution in [1.29, 1.82) is 0 Å². The number of hydrogen-bond donors (Lipinski definition) is 0. The molecule has 1 aromatic carbocycles. The summed E-state index contributed by atoms with van der Waals surface area (Å²) >= 11 is 0. The highest BCUT2D eigenvalue weighted by atomic mass is 19.1. The van der Waals surface area contributed by atoms with Gasteiger partial charge in [0.15, 0.2) is 17.3 Å². The lowest BCUT2D eigenvalue weighted by Crippen LogP contribution is -2.45. The van der Waals surface area contributed by atoms with Gasteiger partial charge in [0, 0.05) is 11.0 Å². The van der Waals surface area contributed by atoms with Crippen LogP contribution < -0.4 is 9.47 Å². The standard InChI is InChI=1S/C12H12FN3O3/c1-7(17)9-3-8(13)4-10-11(9)19-12(2,6-18-10)5-15-16-14/h3-4H,5-6H2,1-2H3. The van der Waals surface area contributed by atoms with E-state index in [4.69, 9.17) is 15.0 Å². The van der Waals surface area contributed by atoms with E-state index in [9.17, 15) is 9.18 Å². The first kappa shape index (κ1) is 13.2. The van der Waals surface area contributed by atoms with Gasteiger partial charge >= 0.3 is 0 Å². The number of carbonyl (C=O) groups is 1. The molecule has 1 aliphatic rings. The maximum Gasteiger partial charge on any atom is 0.173 e. The van der Waals surface area contributed by atoms with E-state index >= 15 is 0 Å². The van der Waals surface area contributed by atoms with E-state index in [1.807, 2.05) is 0 Å². The molecule has 0 N–H and O–H groups in total. The first-order valence-electron chi connectivity index (χ1n) is 5.62. The Kier molecular flexibility index (Phi) is 3.31. The van der Waals surface area contributed by atoms with Crippen molar-refractivity contribution < 1.29 is 18.7 Å². The van der Waals surface area contributed by atoms with Gasteiger partial charge in [-0.3, -0.25) is 4.79 Å². The number of ketones is 1. The van der Waals surface area contributed by atoms with Crippen LogP contribution in [0.3, 0.4) is 0 Å². The Hall–Kier alpha value is -2.27. The number of Topliss-reactive ketones (excluding diaryl/α,β-unsaturated/α-hetero) is 1. The number of carbonyl (C=O) groups excluding carboxylic acids is 1. The number of rotatable bonds is 3. The van der Waals surface area contributed by atoms with Gasteiger partial charge in [0.05, 0.1) is 12.1 Å². The minimum absolute atomic E-state index is 0.0532. The fourth-order valence-corrected chi connectivity index (χ4v) is 1.81. The van der Waals surface area contributed by atoms with Crippen molar-refractivity contribution in [3.63, 3.8) is 0 Å². The van der Waals surface area contributed by atoms with Crippen LogP contribution >= 0.6 is 0 Å². The summed E-state index contributed by atoms with van der Waals surface area (Å²) in [6, 6.07) is 2.26. The molecule has 1 atom stereocenters. The molecule has 0 bridgehead atoms. The van der Waals surface area contributed by atoms with Gasteiger partial charge in [0.25, 0.3) is 0 Å². The van der Waals surface area contributed by atoms with Crippen molar-refractivity contribution in [2.45, 2.75) is 19.4 Å². The topological polar surface area (TPSA) is 84.3 Å². The summed E-state index contributed by atoms with van der Waals surface area (Å²) in [6.07, 6.45) is 0. The van der Waals surface area contributed by atoms with Crippen molar-refractivity contribution >= 4 is 5.78 Å². The molecule has 0 fully saturated rings. The minimum atomic E-state index is -0.874. The van der Waals surface area contributed by atoms with Gasteiger partial charge in [-0.25, -0.2) is 4.39 Å². The second-order valence-electron chi connectivity index (χ2n) is 4.57. The predicted molar refractivity (Wildman–Crippen MR) is 64.9 cm³/mol. The van der Waals surface area contributed by atoms with E-state index < -0.39 is 11.4 Å². The molecule has 0 saturated heterocycles. The molecule has 1 aliphatic heterocycles. The molecule has 0 amide bonds. The van der Waals surface area contributed by atoms with Gasteiger partial charge in [-0.05, 0) is 25.4 Å². The zero-order valence-corrected chi connectivity index (χ0v) is 10.5. The summed E-state index contributed by atoms with van der Waals surface area (Å²) in [5, 5.41) is 3.45. The van der Waals surface area contributed by atoms with Gasteiger partial charge in [-0.15, -0.1) is 0 Å². The number of hydrogen-bond acceptors (Lipinski definition) is 4. The van der Waals surface area contributed by atoms with Crippen molar-refractivity contribution in [3.8, 4) is 11.5 Å². The number of ether oxygens (including phenoxy) is 2. The summed E-state index contributed by atoms with van der Waals surface area (Å²) in [4.78, 5) is 14.2. The van der Waals surface area contributed by atoms with E-state index in [0.717, 1.165) is 12.1 Å². The predicted octanol–water partition coefficient (Wildman–Crippen LogP) is 2.87. The summed E-state index contributed by atoms with van der Waals surface area (Å²) in [7, 11) is 0. The third-order valence-corrected chi connectivity index (χ3v) is 2.75. The molecule has 1 heterocycles. The minimum Gasteiger partial charge on any atom is -0.485 e. The van der Waals surface area contributed by atoms with Crippen LogP contribution in [-0.4, -0.2) is 24.5 Å². The number of azide groups is 1. The van der Waals surface area contributed by atoms with E-state index in [-0.39, 0.29) is 36.0 Å². The van der Waals surface area contributed by atoms with Crippen LogP contribution in [0.1, 0.15) is 24.2 Å². The lowest BCUT2D eigenvalue weighted by atomic mass is 10.0. The number of halogens is 1. The Balaban J connectivity index is 2.43. The highest BCUT2D eigenvalue weighted by Crippen LogP contribution is 2.39. The number of fused-ring (bicyclic) bond motifs is 1. The molecule has 1 unspecified atom stereocenters. The second kappa shape index (κ2) is 4.78. The maximum absolute atomic E-state index is 13.4. The van der Waals surface area contributed by atoms with Crippen molar-refractivity contribution in [1.82, 2.24) is 0 Å². The Morgan fingerprint density at radius 2 is 2.37 bits per heavy atom. The third-order valence-electron chi connectivity index (χ3n) is 2.75. The highest BCUT2D eigenvalue weighted by molar-refractivity contribution is 5.97. The van der Waals surface area contributed by atoms with Gasteiger partial charge in [0.1, 0.15) is 18.0 Å². The van der Waals surface area contributed by atoms with Gasteiger partial charge in [-0.1, -0.05) is 5.11 Å². The van der Waals surface area contributed by atoms with Crippen LogP contribution in [0, 0.1) is 5.82 Å². The normalized spacial score (nSPS) is 20.6. The highest BCUT2D eigenvalue weighted by Gasteiger charge is 2.35. The Bertz CT molecular complexity index is 584. The lowest BCUT2D eigenvalue weighted by molar-refractivity contribution is 0.0123. The van der Waals surface area contributed by atoms with Crippen LogP contribution in [-0.2, 0) is 0 Å². The lowest BCUT2D eigenvalue weighted by Gasteiger charge is -2.35. The molecule has 0 aromatic heterocycles. The summed E-state index contributed by atoms with van der Waals surface area (Å²) in [6.45, 7) is 3.17. The average Bonchev–Trinajstić information content (AvgIpc) is 2.36. The van der Waals surface area contributed by atoms with Crippen LogP contribution in [0.25, 0.3) is 10.4 Å². The average molecular weight is 265 g/mol. The van der Waals surface area contributed by atoms with Crippen molar-refractivity contribution in [2.24, 2.45) is 5.11 Å². The summed E-state index contributed by atoms with van der Waals surface area (Å²) in [5.41, 5.74) is 7.58. The molecular weight excluding hydrogens is 253 g/mol. The quantitative estimate of drug-likeness (QED) is 0.364. The number of nitrogens with zero attached hydrogens (tertiary/aromatic N) is 3. The zero-order chi connectivity index (χ0) is 14.0. The smallest absolute Gasteiger partial charge is 0.173 e. The van der Waals surface area contributed by atoms with Gasteiger partial charge < -0.3 is 9.47 Å². The van der Waals surface area contributed by atoms with Crippen LogP contribution in [0.2, 0.25) is 0 Å².